The van der Waals surface area contributed by atoms with Gasteiger partial charge in [0.15, 0.2) is 0 Å². The molecular formula is C17H14N6O4. The zero-order chi connectivity index (χ0) is 19.3. The molecule has 0 amide bonds. The first-order valence-electron chi connectivity index (χ1n) is 7.88. The molecule has 0 bridgehead atoms. The van der Waals surface area contributed by atoms with Crippen LogP contribution >= 0.6 is 0 Å². The number of rotatable bonds is 2. The van der Waals surface area contributed by atoms with Gasteiger partial charge in [-0.25, -0.2) is 9.78 Å². The van der Waals surface area contributed by atoms with Gasteiger partial charge in [-0.2, -0.15) is 14.6 Å². The number of phenols is 1. The van der Waals surface area contributed by atoms with E-state index >= 15 is 0 Å². The highest BCUT2D eigenvalue weighted by Crippen LogP contribution is 2.28. The Bertz CT molecular complexity index is 1300. The Labute approximate surface area is 151 Å². The summed E-state index contributed by atoms with van der Waals surface area (Å²) >= 11 is 0. The molecule has 2 N–H and O–H groups in total. The molecule has 0 spiro atoms. The van der Waals surface area contributed by atoms with Gasteiger partial charge < -0.3 is 10.2 Å². The van der Waals surface area contributed by atoms with E-state index in [2.05, 4.69) is 15.1 Å². The lowest BCUT2D eigenvalue weighted by molar-refractivity contribution is 0.414. The molecule has 10 heteroatoms. The molecule has 10 nitrogen and oxygen atoms in total. The average Bonchev–Trinajstić information content (AvgIpc) is 3.14. The van der Waals surface area contributed by atoms with Gasteiger partial charge in [-0.1, -0.05) is 0 Å². The molecule has 3 heterocycles. The molecule has 4 rings (SSSR count). The standard InChI is InChI=1S/C17H14N6O4/c1-21-14(25)13(15(26)22(2)17(21)27)11-7-12(9-3-5-10(24)6-4-9)23-16(20-11)18-8-19-23/h3-8,24-25H,1-2H3. The normalized spacial score (nSPS) is 11.2. The molecule has 0 aliphatic carbocycles. The van der Waals surface area contributed by atoms with Crippen molar-refractivity contribution in [2.24, 2.45) is 14.1 Å². The van der Waals surface area contributed by atoms with Gasteiger partial charge in [0, 0.05) is 19.7 Å². The molecule has 0 saturated carbocycles. The predicted octanol–water partition coefficient (Wildman–Crippen LogP) is 0.267. The van der Waals surface area contributed by atoms with Crippen molar-refractivity contribution in [2.45, 2.75) is 0 Å². The van der Waals surface area contributed by atoms with Crippen molar-refractivity contribution in [3.05, 3.63) is 57.5 Å². The summed E-state index contributed by atoms with van der Waals surface area (Å²) < 4.78 is 3.33. The summed E-state index contributed by atoms with van der Waals surface area (Å²) in [4.78, 5) is 32.9. The number of benzene rings is 1. The summed E-state index contributed by atoms with van der Waals surface area (Å²) in [6, 6.07) is 7.94. The SMILES string of the molecule is Cn1c(O)c(-c2cc(-c3ccc(O)cc3)n3ncnc3n2)c(=O)n(C)c1=O. The molecule has 0 saturated heterocycles. The minimum Gasteiger partial charge on any atom is -0.508 e. The summed E-state index contributed by atoms with van der Waals surface area (Å²) in [6.45, 7) is 0. The van der Waals surface area contributed by atoms with Crippen LogP contribution in [-0.4, -0.2) is 38.9 Å². The van der Waals surface area contributed by atoms with Crippen molar-refractivity contribution < 1.29 is 10.2 Å². The molecule has 0 fully saturated rings. The van der Waals surface area contributed by atoms with E-state index in [4.69, 9.17) is 0 Å². The highest BCUT2D eigenvalue weighted by atomic mass is 16.3. The topological polar surface area (TPSA) is 128 Å². The van der Waals surface area contributed by atoms with Gasteiger partial charge in [0.1, 0.15) is 17.6 Å². The van der Waals surface area contributed by atoms with Gasteiger partial charge in [-0.3, -0.25) is 13.9 Å². The van der Waals surface area contributed by atoms with Crippen molar-refractivity contribution in [1.82, 2.24) is 28.7 Å². The van der Waals surface area contributed by atoms with E-state index in [1.165, 1.54) is 37.1 Å². The summed E-state index contributed by atoms with van der Waals surface area (Å²) in [5, 5.41) is 24.0. The van der Waals surface area contributed by atoms with Crippen molar-refractivity contribution >= 4 is 5.78 Å². The Morgan fingerprint density at radius 2 is 1.70 bits per heavy atom. The van der Waals surface area contributed by atoms with Crippen molar-refractivity contribution in [1.29, 1.82) is 0 Å². The van der Waals surface area contributed by atoms with Crippen molar-refractivity contribution in [3.8, 4) is 34.1 Å². The third-order valence-corrected chi connectivity index (χ3v) is 4.30. The Hall–Kier alpha value is -3.95. The van der Waals surface area contributed by atoms with Gasteiger partial charge in [0.25, 0.3) is 11.3 Å². The molecule has 0 aliphatic rings. The van der Waals surface area contributed by atoms with Gasteiger partial charge in [0.05, 0.1) is 11.4 Å². The van der Waals surface area contributed by atoms with E-state index < -0.39 is 17.1 Å². The zero-order valence-corrected chi connectivity index (χ0v) is 14.4. The van der Waals surface area contributed by atoms with Crippen LogP contribution in [0.15, 0.2) is 46.2 Å². The Kier molecular flexibility index (Phi) is 3.55. The Balaban J connectivity index is 2.07. The molecule has 0 aliphatic heterocycles. The lowest BCUT2D eigenvalue weighted by Crippen LogP contribution is -2.37. The lowest BCUT2D eigenvalue weighted by Gasteiger charge is -2.11. The van der Waals surface area contributed by atoms with Crippen LogP contribution in [0.2, 0.25) is 0 Å². The van der Waals surface area contributed by atoms with Crippen LogP contribution in [0.3, 0.4) is 0 Å². The largest absolute Gasteiger partial charge is 0.508 e. The Morgan fingerprint density at radius 3 is 2.41 bits per heavy atom. The van der Waals surface area contributed by atoms with Crippen LogP contribution in [0.25, 0.3) is 28.3 Å². The third-order valence-electron chi connectivity index (χ3n) is 4.30. The Morgan fingerprint density at radius 1 is 1.00 bits per heavy atom. The van der Waals surface area contributed by atoms with Gasteiger partial charge in [0.2, 0.25) is 5.88 Å². The summed E-state index contributed by atoms with van der Waals surface area (Å²) in [7, 11) is 2.68. The summed E-state index contributed by atoms with van der Waals surface area (Å²) in [6.07, 6.45) is 1.31. The second kappa shape index (κ2) is 5.80. The molecule has 136 valence electrons. The number of fused-ring (bicyclic) bond motifs is 1. The average molecular weight is 366 g/mol. The fourth-order valence-corrected chi connectivity index (χ4v) is 2.84. The number of hydrogen-bond donors (Lipinski definition) is 2. The van der Waals surface area contributed by atoms with E-state index in [9.17, 15) is 19.8 Å². The van der Waals surface area contributed by atoms with E-state index in [0.717, 1.165) is 9.13 Å². The van der Waals surface area contributed by atoms with Crippen LogP contribution in [0.1, 0.15) is 0 Å². The number of phenolic OH excluding ortho intramolecular Hbond substituents is 1. The van der Waals surface area contributed by atoms with Crippen molar-refractivity contribution in [2.75, 3.05) is 0 Å². The first-order valence-corrected chi connectivity index (χ1v) is 7.88. The fourth-order valence-electron chi connectivity index (χ4n) is 2.84. The van der Waals surface area contributed by atoms with Crippen LogP contribution in [0.5, 0.6) is 11.6 Å². The first kappa shape index (κ1) is 16.5. The molecule has 3 aromatic heterocycles. The number of nitrogens with zero attached hydrogens (tertiary/aromatic N) is 6. The highest BCUT2D eigenvalue weighted by molar-refractivity contribution is 5.72. The molecule has 0 unspecified atom stereocenters. The maximum absolute atomic E-state index is 12.6. The highest BCUT2D eigenvalue weighted by Gasteiger charge is 2.20. The second-order valence-corrected chi connectivity index (χ2v) is 5.95. The molecule has 0 radical (unpaired) electrons. The second-order valence-electron chi connectivity index (χ2n) is 5.95. The predicted molar refractivity (Wildman–Crippen MR) is 95.5 cm³/mol. The van der Waals surface area contributed by atoms with E-state index in [1.807, 2.05) is 0 Å². The minimum absolute atomic E-state index is 0.104. The fraction of sp³-hybridized carbons (Fsp3) is 0.118. The smallest absolute Gasteiger partial charge is 0.333 e. The molecule has 4 aromatic rings. The van der Waals surface area contributed by atoms with E-state index in [0.29, 0.717) is 11.3 Å². The molecular weight excluding hydrogens is 352 g/mol. The van der Waals surface area contributed by atoms with Gasteiger partial charge in [-0.15, -0.1) is 0 Å². The third kappa shape index (κ3) is 2.46. The monoisotopic (exact) mass is 366 g/mol. The van der Waals surface area contributed by atoms with Crippen LogP contribution in [0, 0.1) is 0 Å². The summed E-state index contributed by atoms with van der Waals surface area (Å²) in [5.74, 6) is -0.172. The molecule has 0 atom stereocenters. The molecule has 1 aromatic carbocycles. The van der Waals surface area contributed by atoms with Crippen LogP contribution in [-0.2, 0) is 14.1 Å². The van der Waals surface area contributed by atoms with Crippen LogP contribution in [0.4, 0.5) is 0 Å². The number of aromatic hydroxyl groups is 2. The quantitative estimate of drug-likeness (QED) is 0.521. The number of aromatic nitrogens is 6. The van der Waals surface area contributed by atoms with E-state index in [-0.39, 0.29) is 22.8 Å². The number of hydrogen-bond acceptors (Lipinski definition) is 7. The zero-order valence-electron chi connectivity index (χ0n) is 14.4. The maximum atomic E-state index is 12.6. The molecule has 27 heavy (non-hydrogen) atoms. The first-order chi connectivity index (χ1) is 12.9. The van der Waals surface area contributed by atoms with Crippen LogP contribution < -0.4 is 11.2 Å². The maximum Gasteiger partial charge on any atom is 0.333 e. The lowest BCUT2D eigenvalue weighted by atomic mass is 10.1. The van der Waals surface area contributed by atoms with Gasteiger partial charge in [-0.05, 0) is 30.3 Å². The summed E-state index contributed by atoms with van der Waals surface area (Å²) in [5.41, 5.74) is -0.0690. The van der Waals surface area contributed by atoms with Gasteiger partial charge >= 0.3 is 5.69 Å². The van der Waals surface area contributed by atoms with E-state index in [1.54, 1.807) is 18.2 Å². The minimum atomic E-state index is -0.677. The van der Waals surface area contributed by atoms with Crippen molar-refractivity contribution in [3.63, 3.8) is 0 Å².